The number of aromatic nitrogens is 1. The molecule has 2 aromatic rings. The summed E-state index contributed by atoms with van der Waals surface area (Å²) in [5, 5.41) is 0.453. The van der Waals surface area contributed by atoms with Crippen LogP contribution < -0.4 is 5.73 Å². The first-order valence-electron chi connectivity index (χ1n) is 5.51. The molecule has 5 heteroatoms. The Morgan fingerprint density at radius 3 is 2.72 bits per heavy atom. The molecule has 0 radical (unpaired) electrons. The van der Waals surface area contributed by atoms with Crippen molar-refractivity contribution >= 4 is 28.1 Å². The van der Waals surface area contributed by atoms with Crippen molar-refractivity contribution in [2.45, 2.75) is 11.3 Å². The zero-order chi connectivity index (χ0) is 13.0. The van der Waals surface area contributed by atoms with E-state index in [0.717, 1.165) is 5.69 Å². The molecule has 0 aliphatic rings. The maximum absolute atomic E-state index is 12.2. The number of benzene rings is 1. The highest BCUT2D eigenvalue weighted by Gasteiger charge is 2.12. The van der Waals surface area contributed by atoms with Gasteiger partial charge in [-0.25, -0.2) is 0 Å². The molecule has 1 aromatic carbocycles. The van der Waals surface area contributed by atoms with E-state index in [0.29, 0.717) is 27.8 Å². The van der Waals surface area contributed by atoms with Crippen LogP contribution in [0.2, 0.25) is 5.02 Å². The zero-order valence-corrected chi connectivity index (χ0v) is 11.2. The second-order valence-electron chi connectivity index (χ2n) is 3.78. The molecule has 2 N–H and O–H groups in total. The Balaban J connectivity index is 2.09. The van der Waals surface area contributed by atoms with Crippen LogP contribution in [0.1, 0.15) is 5.69 Å². The first kappa shape index (κ1) is 13.1. The number of nitrogens with two attached hydrogens (primary N) is 1. The van der Waals surface area contributed by atoms with Crippen LogP contribution in [0.5, 0.6) is 0 Å². The second kappa shape index (κ2) is 5.98. The molecule has 0 aliphatic heterocycles. The summed E-state index contributed by atoms with van der Waals surface area (Å²) in [7, 11) is -1.20. The number of halogens is 1. The van der Waals surface area contributed by atoms with Crippen molar-refractivity contribution in [3.8, 4) is 0 Å². The maximum atomic E-state index is 12.2. The summed E-state index contributed by atoms with van der Waals surface area (Å²) in [6.45, 7) is 0. The van der Waals surface area contributed by atoms with Crippen molar-refractivity contribution in [2.24, 2.45) is 0 Å². The SMILES string of the molecule is Nc1cccc(Cl)c1S(=O)CCc1ccccn1. The van der Waals surface area contributed by atoms with Crippen LogP contribution in [-0.2, 0) is 17.2 Å². The molecule has 0 saturated heterocycles. The number of pyridine rings is 1. The van der Waals surface area contributed by atoms with Crippen molar-refractivity contribution in [2.75, 3.05) is 11.5 Å². The molecule has 94 valence electrons. The Labute approximate surface area is 113 Å². The van der Waals surface area contributed by atoms with Crippen LogP contribution in [0.4, 0.5) is 5.69 Å². The van der Waals surface area contributed by atoms with Gasteiger partial charge < -0.3 is 5.73 Å². The van der Waals surface area contributed by atoms with E-state index in [2.05, 4.69) is 4.98 Å². The second-order valence-corrected chi connectivity index (χ2v) is 5.69. The van der Waals surface area contributed by atoms with E-state index in [4.69, 9.17) is 17.3 Å². The molecule has 1 heterocycles. The Hall–Kier alpha value is -1.39. The highest BCUT2D eigenvalue weighted by atomic mass is 35.5. The van der Waals surface area contributed by atoms with Gasteiger partial charge in [0.05, 0.1) is 20.7 Å². The van der Waals surface area contributed by atoms with Gasteiger partial charge in [0.15, 0.2) is 0 Å². The van der Waals surface area contributed by atoms with Crippen LogP contribution in [-0.4, -0.2) is 14.9 Å². The summed E-state index contributed by atoms with van der Waals surface area (Å²) >= 11 is 6.02. The van der Waals surface area contributed by atoms with Gasteiger partial charge >= 0.3 is 0 Å². The first-order valence-corrected chi connectivity index (χ1v) is 7.20. The number of nitrogen functional groups attached to an aromatic ring is 1. The topological polar surface area (TPSA) is 56.0 Å². The average Bonchev–Trinajstić information content (AvgIpc) is 2.37. The lowest BCUT2D eigenvalue weighted by Gasteiger charge is -2.07. The molecular weight excluding hydrogens is 268 g/mol. The molecule has 18 heavy (non-hydrogen) atoms. The van der Waals surface area contributed by atoms with Crippen LogP contribution >= 0.6 is 11.6 Å². The fourth-order valence-corrected chi connectivity index (χ4v) is 3.27. The number of rotatable bonds is 4. The number of aryl methyl sites for hydroxylation is 1. The molecular formula is C13H13ClN2OS. The fourth-order valence-electron chi connectivity index (χ4n) is 1.61. The minimum atomic E-state index is -1.20. The van der Waals surface area contributed by atoms with Gasteiger partial charge in [-0.3, -0.25) is 9.19 Å². The lowest BCUT2D eigenvalue weighted by atomic mass is 10.3. The summed E-state index contributed by atoms with van der Waals surface area (Å²) in [6.07, 6.45) is 2.36. The van der Waals surface area contributed by atoms with Gasteiger partial charge in [-0.15, -0.1) is 0 Å². The smallest absolute Gasteiger partial charge is 0.0803 e. The molecule has 2 rings (SSSR count). The minimum absolute atomic E-state index is 0.453. The maximum Gasteiger partial charge on any atom is 0.0803 e. The lowest BCUT2D eigenvalue weighted by Crippen LogP contribution is -2.06. The standard InChI is InChI=1S/C13H13ClN2OS/c14-11-5-3-6-12(15)13(11)18(17)9-7-10-4-1-2-8-16-10/h1-6,8H,7,9,15H2. The van der Waals surface area contributed by atoms with Gasteiger partial charge in [-0.05, 0) is 24.3 Å². The third-order valence-electron chi connectivity index (χ3n) is 2.49. The van der Waals surface area contributed by atoms with E-state index in [9.17, 15) is 4.21 Å². The molecule has 0 saturated carbocycles. The number of hydrogen-bond acceptors (Lipinski definition) is 3. The van der Waals surface area contributed by atoms with Crippen molar-refractivity contribution in [1.29, 1.82) is 0 Å². The van der Waals surface area contributed by atoms with Gasteiger partial charge in [0.25, 0.3) is 0 Å². The van der Waals surface area contributed by atoms with Gasteiger partial charge in [0, 0.05) is 29.8 Å². The average molecular weight is 281 g/mol. The third-order valence-corrected chi connectivity index (χ3v) is 4.41. The van der Waals surface area contributed by atoms with Crippen LogP contribution in [0.15, 0.2) is 47.5 Å². The van der Waals surface area contributed by atoms with E-state index in [-0.39, 0.29) is 0 Å². The quantitative estimate of drug-likeness (QED) is 0.876. The summed E-state index contributed by atoms with van der Waals surface area (Å²) in [4.78, 5) is 4.71. The number of hydrogen-bond donors (Lipinski definition) is 1. The Kier molecular flexibility index (Phi) is 4.33. The van der Waals surface area contributed by atoms with E-state index >= 15 is 0 Å². The van der Waals surface area contributed by atoms with E-state index in [1.165, 1.54) is 0 Å². The summed E-state index contributed by atoms with van der Waals surface area (Å²) in [5.41, 5.74) is 7.19. The Morgan fingerprint density at radius 1 is 1.22 bits per heavy atom. The van der Waals surface area contributed by atoms with Crippen molar-refractivity contribution < 1.29 is 4.21 Å². The van der Waals surface area contributed by atoms with E-state index < -0.39 is 10.8 Å². The van der Waals surface area contributed by atoms with E-state index in [1.807, 2.05) is 18.2 Å². The van der Waals surface area contributed by atoms with E-state index in [1.54, 1.807) is 24.4 Å². The predicted octanol–water partition coefficient (Wildman–Crippen LogP) is 2.67. The van der Waals surface area contributed by atoms with Gasteiger partial charge in [0.2, 0.25) is 0 Å². The van der Waals surface area contributed by atoms with Crippen LogP contribution in [0.25, 0.3) is 0 Å². The lowest BCUT2D eigenvalue weighted by molar-refractivity contribution is 0.682. The molecule has 3 nitrogen and oxygen atoms in total. The van der Waals surface area contributed by atoms with Crippen molar-refractivity contribution in [3.63, 3.8) is 0 Å². The molecule has 0 aliphatic carbocycles. The highest BCUT2D eigenvalue weighted by Crippen LogP contribution is 2.25. The number of nitrogens with zero attached hydrogens (tertiary/aromatic N) is 1. The van der Waals surface area contributed by atoms with Gasteiger partial charge in [0.1, 0.15) is 0 Å². The molecule has 0 amide bonds. The monoisotopic (exact) mass is 280 g/mol. The minimum Gasteiger partial charge on any atom is -0.398 e. The normalized spacial score (nSPS) is 12.3. The fraction of sp³-hybridized carbons (Fsp3) is 0.154. The molecule has 1 atom stereocenters. The molecule has 1 aromatic heterocycles. The molecule has 0 spiro atoms. The van der Waals surface area contributed by atoms with Gasteiger partial charge in [-0.1, -0.05) is 23.7 Å². The van der Waals surface area contributed by atoms with Crippen molar-refractivity contribution in [1.82, 2.24) is 4.98 Å². The van der Waals surface area contributed by atoms with Crippen LogP contribution in [0, 0.1) is 0 Å². The summed E-state index contributed by atoms with van der Waals surface area (Å²) in [6, 6.07) is 10.8. The molecule has 0 fully saturated rings. The molecule has 0 bridgehead atoms. The largest absolute Gasteiger partial charge is 0.398 e. The molecule has 1 unspecified atom stereocenters. The van der Waals surface area contributed by atoms with Crippen LogP contribution in [0.3, 0.4) is 0 Å². The highest BCUT2D eigenvalue weighted by molar-refractivity contribution is 7.85. The Morgan fingerprint density at radius 2 is 2.06 bits per heavy atom. The Bertz CT molecular complexity index is 540. The van der Waals surface area contributed by atoms with Crippen molar-refractivity contribution in [3.05, 3.63) is 53.3 Å². The third kappa shape index (κ3) is 3.09. The van der Waals surface area contributed by atoms with Gasteiger partial charge in [-0.2, -0.15) is 0 Å². The number of anilines is 1. The predicted molar refractivity (Wildman–Crippen MR) is 75.1 cm³/mol. The zero-order valence-electron chi connectivity index (χ0n) is 9.67. The summed E-state index contributed by atoms with van der Waals surface area (Å²) < 4.78 is 12.2. The first-order chi connectivity index (χ1) is 8.68. The summed E-state index contributed by atoms with van der Waals surface area (Å²) in [5.74, 6) is 0.463.